The van der Waals surface area contributed by atoms with Crippen molar-refractivity contribution in [3.8, 4) is 11.5 Å². The summed E-state index contributed by atoms with van der Waals surface area (Å²) >= 11 is 0. The first kappa shape index (κ1) is 29.4. The molecule has 1 aliphatic heterocycles. The van der Waals surface area contributed by atoms with E-state index in [-0.39, 0.29) is 12.0 Å². The number of ether oxygens (including phenoxy) is 4. The van der Waals surface area contributed by atoms with Gasteiger partial charge in [0.15, 0.2) is 0 Å². The summed E-state index contributed by atoms with van der Waals surface area (Å²) in [6, 6.07) is 14.8. The van der Waals surface area contributed by atoms with Gasteiger partial charge in [-0.25, -0.2) is 4.98 Å². The minimum absolute atomic E-state index is 0.0880. The second-order valence-electron chi connectivity index (χ2n) is 11.7. The van der Waals surface area contributed by atoms with Crippen LogP contribution in [0, 0.1) is 5.92 Å². The Bertz CT molecular complexity index is 1220. The molecule has 0 amide bonds. The number of aliphatic hydroxyl groups is 1. The zero-order valence-electron chi connectivity index (χ0n) is 24.6. The third-order valence-corrected chi connectivity index (χ3v) is 8.36. The summed E-state index contributed by atoms with van der Waals surface area (Å²) in [7, 11) is 3.44. The minimum atomic E-state index is -0.864. The molecule has 0 bridgehead atoms. The average molecular weight is 565 g/mol. The van der Waals surface area contributed by atoms with Crippen LogP contribution in [0.4, 0.5) is 5.69 Å². The van der Waals surface area contributed by atoms with Crippen LogP contribution in [0.15, 0.2) is 55.1 Å². The maximum absolute atomic E-state index is 11.2. The van der Waals surface area contributed by atoms with Gasteiger partial charge in [-0.05, 0) is 80.3 Å². The number of fused-ring (bicyclic) bond motifs is 1. The van der Waals surface area contributed by atoms with E-state index in [2.05, 4.69) is 45.3 Å². The van der Waals surface area contributed by atoms with Crippen molar-refractivity contribution in [3.63, 3.8) is 0 Å². The van der Waals surface area contributed by atoms with E-state index in [1.807, 2.05) is 19.1 Å². The van der Waals surface area contributed by atoms with E-state index < -0.39 is 5.60 Å². The molecule has 9 heteroatoms. The zero-order valence-corrected chi connectivity index (χ0v) is 24.6. The highest BCUT2D eigenvalue weighted by Gasteiger charge is 2.36. The van der Waals surface area contributed by atoms with Crippen LogP contribution in [0.2, 0.25) is 0 Å². The van der Waals surface area contributed by atoms with Gasteiger partial charge in [0.1, 0.15) is 30.8 Å². The maximum atomic E-state index is 11.2. The normalized spacial score (nSPS) is 22.0. The molecule has 5 rings (SSSR count). The molecule has 1 aliphatic carbocycles. The monoisotopic (exact) mass is 564 g/mol. The van der Waals surface area contributed by atoms with E-state index in [9.17, 15) is 5.11 Å². The van der Waals surface area contributed by atoms with Gasteiger partial charge in [0.05, 0.1) is 44.2 Å². The van der Waals surface area contributed by atoms with Gasteiger partial charge in [-0.15, -0.1) is 0 Å². The lowest BCUT2D eigenvalue weighted by atomic mass is 9.72. The molecule has 1 saturated carbocycles. The first-order valence-electron chi connectivity index (χ1n) is 14.7. The van der Waals surface area contributed by atoms with Crippen molar-refractivity contribution in [1.29, 1.82) is 0 Å². The lowest BCUT2D eigenvalue weighted by molar-refractivity contribution is -0.0313. The number of anilines is 1. The van der Waals surface area contributed by atoms with Crippen LogP contribution in [0.1, 0.15) is 56.1 Å². The zero-order chi connectivity index (χ0) is 28.7. The van der Waals surface area contributed by atoms with Gasteiger partial charge in [-0.3, -0.25) is 4.68 Å². The lowest BCUT2D eigenvalue weighted by Gasteiger charge is -2.39. The van der Waals surface area contributed by atoms with Crippen molar-refractivity contribution in [2.75, 3.05) is 45.4 Å². The molecule has 0 spiro atoms. The van der Waals surface area contributed by atoms with Crippen LogP contribution in [-0.2, 0) is 22.6 Å². The quantitative estimate of drug-likeness (QED) is 0.295. The summed E-state index contributed by atoms with van der Waals surface area (Å²) in [5, 5.41) is 15.4. The van der Waals surface area contributed by atoms with Crippen LogP contribution in [-0.4, -0.2) is 72.1 Å². The second kappa shape index (κ2) is 13.7. The summed E-state index contributed by atoms with van der Waals surface area (Å²) in [5.74, 6) is 2.39. The van der Waals surface area contributed by atoms with E-state index in [0.29, 0.717) is 32.1 Å². The topological polar surface area (TPSA) is 91.1 Å². The molecule has 1 aromatic heterocycles. The van der Waals surface area contributed by atoms with Crippen LogP contribution in [0.3, 0.4) is 0 Å². The second-order valence-corrected chi connectivity index (χ2v) is 11.7. The standard InChI is InChI=1S/C32H44N4O5/c1-32(37,21-36-23-33-22-34-36)19-24-5-11-30(28(17-24)26-7-9-27(39-3)10-8-26)41-20-25-6-12-31-29(18-25)35(14-16-40-31)13-4-15-38-2/h6-10,12,18,22-24,28,30,37H,4-5,11,13-17,19-21H2,1-3H3/t24-,28-,30+,32?/m1/s1. The van der Waals surface area contributed by atoms with Crippen molar-refractivity contribution >= 4 is 5.69 Å². The number of hydrogen-bond donors (Lipinski definition) is 1. The Hall–Kier alpha value is -3.14. The highest BCUT2D eigenvalue weighted by Crippen LogP contribution is 2.42. The van der Waals surface area contributed by atoms with E-state index >= 15 is 0 Å². The summed E-state index contributed by atoms with van der Waals surface area (Å²) in [4.78, 5) is 6.40. The fourth-order valence-electron chi connectivity index (χ4n) is 6.41. The summed E-state index contributed by atoms with van der Waals surface area (Å²) in [5.41, 5.74) is 2.67. The number of methoxy groups -OCH3 is 2. The summed E-state index contributed by atoms with van der Waals surface area (Å²) < 4.78 is 25.0. The predicted molar refractivity (Wildman–Crippen MR) is 158 cm³/mol. The lowest BCUT2D eigenvalue weighted by Crippen LogP contribution is -2.37. The van der Waals surface area contributed by atoms with Gasteiger partial charge < -0.3 is 29.0 Å². The summed E-state index contributed by atoms with van der Waals surface area (Å²) in [6.45, 7) is 6.16. The van der Waals surface area contributed by atoms with E-state index in [1.54, 1.807) is 25.2 Å². The molecular formula is C32H44N4O5. The maximum Gasteiger partial charge on any atom is 0.142 e. The fourth-order valence-corrected chi connectivity index (χ4v) is 6.41. The van der Waals surface area contributed by atoms with Crippen molar-refractivity contribution in [1.82, 2.24) is 14.8 Å². The molecular weight excluding hydrogens is 520 g/mol. The van der Waals surface area contributed by atoms with Crippen LogP contribution in [0.5, 0.6) is 11.5 Å². The molecule has 2 aliphatic rings. The Labute approximate surface area is 243 Å². The SMILES string of the molecule is COCCCN1CCOc2ccc(CO[C@H]3CC[C@@H](CC(C)(O)Cn4cncn4)C[C@@H]3c3ccc(OC)cc3)cc21. The molecule has 1 fully saturated rings. The highest BCUT2D eigenvalue weighted by atomic mass is 16.5. The third kappa shape index (κ3) is 7.78. The largest absolute Gasteiger partial charge is 0.497 e. The smallest absolute Gasteiger partial charge is 0.142 e. The van der Waals surface area contributed by atoms with Crippen molar-refractivity contribution in [2.45, 2.75) is 69.8 Å². The third-order valence-electron chi connectivity index (χ3n) is 8.36. The number of benzene rings is 2. The molecule has 41 heavy (non-hydrogen) atoms. The molecule has 1 N–H and O–H groups in total. The minimum Gasteiger partial charge on any atom is -0.497 e. The van der Waals surface area contributed by atoms with E-state index in [4.69, 9.17) is 18.9 Å². The number of hydrogen-bond acceptors (Lipinski definition) is 8. The van der Waals surface area contributed by atoms with Crippen LogP contribution < -0.4 is 14.4 Å². The molecule has 9 nitrogen and oxygen atoms in total. The van der Waals surface area contributed by atoms with Crippen molar-refractivity contribution in [2.24, 2.45) is 5.92 Å². The van der Waals surface area contributed by atoms with E-state index in [0.717, 1.165) is 68.1 Å². The van der Waals surface area contributed by atoms with Gasteiger partial charge in [-0.2, -0.15) is 5.10 Å². The molecule has 2 heterocycles. The molecule has 1 unspecified atom stereocenters. The molecule has 2 aromatic carbocycles. The Morgan fingerprint density at radius 3 is 2.73 bits per heavy atom. The van der Waals surface area contributed by atoms with Gasteiger partial charge >= 0.3 is 0 Å². The average Bonchev–Trinajstić information content (AvgIpc) is 3.49. The first-order valence-corrected chi connectivity index (χ1v) is 14.7. The van der Waals surface area contributed by atoms with Crippen molar-refractivity contribution in [3.05, 3.63) is 66.2 Å². The van der Waals surface area contributed by atoms with Crippen LogP contribution >= 0.6 is 0 Å². The Kier molecular flexibility index (Phi) is 9.80. The first-order chi connectivity index (χ1) is 19.9. The Balaban J connectivity index is 1.27. The Morgan fingerprint density at radius 2 is 1.98 bits per heavy atom. The molecule has 0 saturated heterocycles. The fraction of sp³-hybridized carbons (Fsp3) is 0.562. The van der Waals surface area contributed by atoms with Gasteiger partial charge in [0.25, 0.3) is 0 Å². The molecule has 3 aromatic rings. The highest BCUT2D eigenvalue weighted by molar-refractivity contribution is 5.61. The molecule has 4 atom stereocenters. The van der Waals surface area contributed by atoms with Gasteiger partial charge in [0, 0.05) is 26.2 Å². The predicted octanol–water partition coefficient (Wildman–Crippen LogP) is 4.83. The number of rotatable bonds is 13. The van der Waals surface area contributed by atoms with Crippen LogP contribution in [0.25, 0.3) is 0 Å². The Morgan fingerprint density at radius 1 is 1.12 bits per heavy atom. The number of nitrogens with zero attached hydrogens (tertiary/aromatic N) is 4. The summed E-state index contributed by atoms with van der Waals surface area (Å²) in [6.07, 6.45) is 7.84. The van der Waals surface area contributed by atoms with E-state index in [1.165, 1.54) is 11.9 Å². The van der Waals surface area contributed by atoms with Gasteiger partial charge in [-0.1, -0.05) is 18.2 Å². The van der Waals surface area contributed by atoms with Gasteiger partial charge in [0.2, 0.25) is 0 Å². The molecule has 222 valence electrons. The van der Waals surface area contributed by atoms with Crippen molar-refractivity contribution < 1.29 is 24.1 Å². The molecule has 0 radical (unpaired) electrons. The number of aromatic nitrogens is 3.